The number of aryl methyl sites for hydroxylation is 1. The van der Waals surface area contributed by atoms with Gasteiger partial charge in [-0.15, -0.1) is 0 Å². The molecule has 0 N–H and O–H groups in total. The molecule has 1 heterocycles. The molecule has 1 aromatic heterocycles. The monoisotopic (exact) mass is 193 g/mol. The summed E-state index contributed by atoms with van der Waals surface area (Å²) in [4.78, 5) is 3.85. The van der Waals surface area contributed by atoms with Crippen molar-refractivity contribution >= 4 is 0 Å². The minimum Gasteiger partial charge on any atom is -0.265 e. The van der Waals surface area contributed by atoms with Crippen LogP contribution < -0.4 is 0 Å². The number of hydrogen-bond acceptors (Lipinski definition) is 1. The lowest BCUT2D eigenvalue weighted by atomic mass is 10.2. The minimum absolute atomic E-state index is 1.26. The summed E-state index contributed by atoms with van der Waals surface area (Å²) in [6.45, 7) is 6.53. The van der Waals surface area contributed by atoms with Gasteiger partial charge in [-0.1, -0.05) is 46.0 Å². The molecule has 0 aliphatic rings. The van der Waals surface area contributed by atoms with E-state index in [9.17, 15) is 0 Å². The van der Waals surface area contributed by atoms with Crippen LogP contribution in [0.3, 0.4) is 0 Å². The van der Waals surface area contributed by atoms with Crippen LogP contribution in [0.4, 0.5) is 0 Å². The molecule has 0 saturated heterocycles. The number of aromatic nitrogens is 1. The summed E-state index contributed by atoms with van der Waals surface area (Å²) in [5, 5.41) is 0. The van der Waals surface area contributed by atoms with E-state index in [-0.39, 0.29) is 0 Å². The summed E-state index contributed by atoms with van der Waals surface area (Å²) in [7, 11) is 0. The number of hydrogen-bond donors (Lipinski definition) is 0. The van der Waals surface area contributed by atoms with Crippen LogP contribution in [0.25, 0.3) is 0 Å². The average Bonchev–Trinajstić information content (AvgIpc) is 2.21. The zero-order chi connectivity index (χ0) is 10.6. The minimum atomic E-state index is 1.26. The molecule has 0 spiro atoms. The first kappa shape index (κ1) is 13.2. The van der Waals surface area contributed by atoms with Gasteiger partial charge in [-0.3, -0.25) is 4.98 Å². The zero-order valence-corrected chi connectivity index (χ0v) is 9.79. The van der Waals surface area contributed by atoms with E-state index >= 15 is 0 Å². The van der Waals surface area contributed by atoms with Crippen molar-refractivity contribution < 1.29 is 0 Å². The molecule has 0 aliphatic carbocycles. The lowest BCUT2D eigenvalue weighted by Gasteiger charge is -1.90. The van der Waals surface area contributed by atoms with E-state index in [0.29, 0.717) is 0 Å². The quantitative estimate of drug-likeness (QED) is 0.647. The number of rotatable bonds is 4. The molecule has 0 aromatic carbocycles. The molecule has 1 rings (SSSR count). The molecule has 0 unspecified atom stereocenters. The van der Waals surface area contributed by atoms with Gasteiger partial charge in [0.05, 0.1) is 0 Å². The lowest BCUT2D eigenvalue weighted by Crippen LogP contribution is -1.70. The summed E-state index contributed by atoms with van der Waals surface area (Å²) < 4.78 is 0. The van der Waals surface area contributed by atoms with Crippen LogP contribution in [0.15, 0.2) is 24.5 Å². The molecule has 0 bridgehead atoms. The van der Waals surface area contributed by atoms with Crippen molar-refractivity contribution in [2.24, 2.45) is 0 Å². The Morgan fingerprint density at radius 1 is 0.929 bits per heavy atom. The molecule has 0 fully saturated rings. The van der Waals surface area contributed by atoms with E-state index in [4.69, 9.17) is 0 Å². The van der Waals surface area contributed by atoms with Crippen molar-refractivity contribution in [3.05, 3.63) is 30.1 Å². The standard InChI is InChI=1S/C7H16.C6H7N/c1-3-5-7-6-4-2;1-6-2-4-7-5-3-6/h3-7H2,1-2H3;2-5H,1H3. The number of nitrogens with zero attached hydrogens (tertiary/aromatic N) is 1. The second-order valence-corrected chi connectivity index (χ2v) is 3.59. The van der Waals surface area contributed by atoms with Gasteiger partial charge in [-0.2, -0.15) is 0 Å². The molecule has 1 aromatic rings. The summed E-state index contributed by atoms with van der Waals surface area (Å²) in [5.74, 6) is 0. The van der Waals surface area contributed by atoms with Crippen LogP contribution in [0.1, 0.15) is 51.5 Å². The molecule has 1 nitrogen and oxygen atoms in total. The Labute approximate surface area is 88.6 Å². The van der Waals surface area contributed by atoms with E-state index in [0.717, 1.165) is 0 Å². The summed E-state index contributed by atoms with van der Waals surface area (Å²) in [6, 6.07) is 3.94. The third kappa shape index (κ3) is 9.24. The van der Waals surface area contributed by atoms with Crippen LogP contribution >= 0.6 is 0 Å². The van der Waals surface area contributed by atoms with E-state index in [1.165, 1.54) is 37.7 Å². The van der Waals surface area contributed by atoms with Crippen molar-refractivity contribution in [3.8, 4) is 0 Å². The smallest absolute Gasteiger partial charge is 0.0270 e. The van der Waals surface area contributed by atoms with Crippen molar-refractivity contribution in [1.29, 1.82) is 0 Å². The molecule has 0 atom stereocenters. The van der Waals surface area contributed by atoms with Crippen molar-refractivity contribution in [2.45, 2.75) is 52.9 Å². The van der Waals surface area contributed by atoms with Crippen LogP contribution in [0, 0.1) is 6.92 Å². The molecule has 1 heteroatoms. The molecular formula is C13H23N. The lowest BCUT2D eigenvalue weighted by molar-refractivity contribution is 0.656. The highest BCUT2D eigenvalue weighted by Crippen LogP contribution is 2.00. The summed E-state index contributed by atoms with van der Waals surface area (Å²) >= 11 is 0. The summed E-state index contributed by atoms with van der Waals surface area (Å²) in [5.41, 5.74) is 1.26. The van der Waals surface area contributed by atoms with Crippen molar-refractivity contribution in [3.63, 3.8) is 0 Å². The fourth-order valence-electron chi connectivity index (χ4n) is 1.10. The molecule has 0 radical (unpaired) electrons. The fraction of sp³-hybridized carbons (Fsp3) is 0.615. The van der Waals surface area contributed by atoms with E-state index in [1.807, 2.05) is 19.1 Å². The average molecular weight is 193 g/mol. The first-order chi connectivity index (χ1) is 6.81. The first-order valence-electron chi connectivity index (χ1n) is 5.67. The molecule has 0 amide bonds. The maximum Gasteiger partial charge on any atom is 0.0270 e. The Bertz CT molecular complexity index is 190. The molecular weight excluding hydrogens is 170 g/mol. The highest BCUT2D eigenvalue weighted by atomic mass is 14.6. The molecule has 0 aliphatic heterocycles. The SMILES string of the molecule is CCCCCCC.Cc1ccncc1. The van der Waals surface area contributed by atoms with Crippen LogP contribution in [0.5, 0.6) is 0 Å². The Morgan fingerprint density at radius 3 is 1.71 bits per heavy atom. The first-order valence-corrected chi connectivity index (χ1v) is 5.67. The van der Waals surface area contributed by atoms with Gasteiger partial charge in [0.25, 0.3) is 0 Å². The van der Waals surface area contributed by atoms with Crippen molar-refractivity contribution in [1.82, 2.24) is 4.98 Å². The molecule has 80 valence electrons. The van der Waals surface area contributed by atoms with Gasteiger partial charge in [0.2, 0.25) is 0 Å². The second kappa shape index (κ2) is 10.2. The predicted molar refractivity (Wildman–Crippen MR) is 63.4 cm³/mol. The second-order valence-electron chi connectivity index (χ2n) is 3.59. The predicted octanol–water partition coefficient (Wildman–Crippen LogP) is 4.37. The van der Waals surface area contributed by atoms with Gasteiger partial charge in [-0.05, 0) is 24.6 Å². The van der Waals surface area contributed by atoms with Crippen molar-refractivity contribution in [2.75, 3.05) is 0 Å². The number of pyridine rings is 1. The van der Waals surface area contributed by atoms with E-state index in [2.05, 4.69) is 18.8 Å². The third-order valence-corrected chi connectivity index (χ3v) is 2.05. The Kier molecular flexibility index (Phi) is 9.61. The highest BCUT2D eigenvalue weighted by Gasteiger charge is 1.80. The number of unbranched alkanes of at least 4 members (excludes halogenated alkanes) is 4. The zero-order valence-electron chi connectivity index (χ0n) is 9.79. The summed E-state index contributed by atoms with van der Waals surface area (Å²) in [6.07, 6.45) is 10.6. The van der Waals surface area contributed by atoms with Crippen LogP contribution in [-0.4, -0.2) is 4.98 Å². The van der Waals surface area contributed by atoms with Gasteiger partial charge in [0.15, 0.2) is 0 Å². The maximum absolute atomic E-state index is 3.85. The third-order valence-electron chi connectivity index (χ3n) is 2.05. The van der Waals surface area contributed by atoms with Gasteiger partial charge >= 0.3 is 0 Å². The topological polar surface area (TPSA) is 12.9 Å². The largest absolute Gasteiger partial charge is 0.265 e. The maximum atomic E-state index is 3.85. The fourth-order valence-corrected chi connectivity index (χ4v) is 1.10. The van der Waals surface area contributed by atoms with Gasteiger partial charge in [0, 0.05) is 12.4 Å². The van der Waals surface area contributed by atoms with Gasteiger partial charge in [-0.25, -0.2) is 0 Å². The van der Waals surface area contributed by atoms with Crippen LogP contribution in [0.2, 0.25) is 0 Å². The Balaban J connectivity index is 0.000000241. The van der Waals surface area contributed by atoms with Crippen LogP contribution in [-0.2, 0) is 0 Å². The highest BCUT2D eigenvalue weighted by molar-refractivity contribution is 5.05. The van der Waals surface area contributed by atoms with Gasteiger partial charge < -0.3 is 0 Å². The normalized spacial score (nSPS) is 9.07. The molecule has 14 heavy (non-hydrogen) atoms. The van der Waals surface area contributed by atoms with E-state index < -0.39 is 0 Å². The molecule has 0 saturated carbocycles. The Hall–Kier alpha value is -0.850. The van der Waals surface area contributed by atoms with E-state index in [1.54, 1.807) is 12.4 Å². The van der Waals surface area contributed by atoms with Gasteiger partial charge in [0.1, 0.15) is 0 Å². The Morgan fingerprint density at radius 2 is 1.43 bits per heavy atom.